The lowest BCUT2D eigenvalue weighted by Gasteiger charge is -2.27. The molecule has 0 unspecified atom stereocenters. The summed E-state index contributed by atoms with van der Waals surface area (Å²) < 4.78 is 0. The van der Waals surface area contributed by atoms with E-state index in [2.05, 4.69) is 25.2 Å². The summed E-state index contributed by atoms with van der Waals surface area (Å²) in [5, 5.41) is 3.03. The van der Waals surface area contributed by atoms with Gasteiger partial charge in [-0.2, -0.15) is 15.0 Å². The summed E-state index contributed by atoms with van der Waals surface area (Å²) in [7, 11) is 0. The van der Waals surface area contributed by atoms with Crippen LogP contribution in [0.1, 0.15) is 25.7 Å². The van der Waals surface area contributed by atoms with E-state index in [1.54, 1.807) is 0 Å². The third kappa shape index (κ3) is 3.53. The second-order valence-corrected chi connectivity index (χ2v) is 5.72. The van der Waals surface area contributed by atoms with Crippen molar-refractivity contribution in [2.24, 2.45) is 0 Å². The van der Waals surface area contributed by atoms with Gasteiger partial charge in [0, 0.05) is 26.2 Å². The maximum atomic E-state index is 11.7. The molecule has 0 bridgehead atoms. The van der Waals surface area contributed by atoms with Gasteiger partial charge in [-0.15, -0.1) is 0 Å². The molecule has 1 amide bonds. The molecule has 0 aromatic carbocycles. The Labute approximate surface area is 128 Å². The summed E-state index contributed by atoms with van der Waals surface area (Å²) in [6.07, 6.45) is 4.40. The van der Waals surface area contributed by atoms with Crippen LogP contribution in [0.15, 0.2) is 0 Å². The van der Waals surface area contributed by atoms with Crippen molar-refractivity contribution in [3.63, 3.8) is 0 Å². The van der Waals surface area contributed by atoms with E-state index < -0.39 is 0 Å². The predicted octanol–water partition coefficient (Wildman–Crippen LogP) is 0.842. The Kier molecular flexibility index (Phi) is 4.38. The highest BCUT2D eigenvalue weighted by atomic mass is 35.5. The Morgan fingerprint density at radius 1 is 0.905 bits per heavy atom. The van der Waals surface area contributed by atoms with Crippen LogP contribution in [0.4, 0.5) is 11.9 Å². The fourth-order valence-corrected chi connectivity index (χ4v) is 2.83. The van der Waals surface area contributed by atoms with Gasteiger partial charge in [0.1, 0.15) is 0 Å². The van der Waals surface area contributed by atoms with E-state index >= 15 is 0 Å². The van der Waals surface area contributed by atoms with Gasteiger partial charge in [0.25, 0.3) is 0 Å². The minimum atomic E-state index is -0.0106. The van der Waals surface area contributed by atoms with Crippen LogP contribution in [-0.4, -0.2) is 53.6 Å². The van der Waals surface area contributed by atoms with Gasteiger partial charge in [0.2, 0.25) is 23.1 Å². The third-order valence-electron chi connectivity index (χ3n) is 3.77. The Bertz CT molecular complexity index is 519. The quantitative estimate of drug-likeness (QED) is 0.872. The van der Waals surface area contributed by atoms with Crippen LogP contribution in [0, 0.1) is 0 Å². The zero-order valence-electron chi connectivity index (χ0n) is 11.9. The summed E-state index contributed by atoms with van der Waals surface area (Å²) in [4.78, 5) is 28.6. The molecular formula is C13H19ClN6O. The smallest absolute Gasteiger partial charge is 0.239 e. The van der Waals surface area contributed by atoms with Crippen molar-refractivity contribution in [3.05, 3.63) is 5.28 Å². The molecule has 0 aliphatic carbocycles. The second-order valence-electron chi connectivity index (χ2n) is 5.38. The summed E-state index contributed by atoms with van der Waals surface area (Å²) in [5.41, 5.74) is 0. The molecule has 0 saturated carbocycles. The molecule has 2 aliphatic rings. The number of rotatable bonds is 2. The molecule has 1 aromatic heterocycles. The van der Waals surface area contributed by atoms with Crippen molar-refractivity contribution < 1.29 is 4.79 Å². The molecule has 7 nitrogen and oxygen atoms in total. The van der Waals surface area contributed by atoms with Gasteiger partial charge < -0.3 is 15.1 Å². The molecule has 114 valence electrons. The average molecular weight is 311 g/mol. The van der Waals surface area contributed by atoms with Crippen LogP contribution in [0.3, 0.4) is 0 Å². The number of hydrogen-bond donors (Lipinski definition) is 1. The number of hydrogen-bond acceptors (Lipinski definition) is 6. The topological polar surface area (TPSA) is 74.2 Å². The monoisotopic (exact) mass is 310 g/mol. The molecule has 1 aromatic rings. The van der Waals surface area contributed by atoms with Crippen LogP contribution >= 0.6 is 11.6 Å². The standard InChI is InChI=1S/C13H19ClN6O/c14-11-16-12(19-6-2-1-3-7-19)18-13(17-11)20-8-4-5-15-10(21)9-20/h1-9H2,(H,15,21). The number of nitrogens with one attached hydrogen (secondary N) is 1. The van der Waals surface area contributed by atoms with E-state index in [0.717, 1.165) is 38.9 Å². The Morgan fingerprint density at radius 2 is 1.57 bits per heavy atom. The normalized spacial score (nSPS) is 20.1. The summed E-state index contributed by atoms with van der Waals surface area (Å²) in [6, 6.07) is 0. The lowest BCUT2D eigenvalue weighted by molar-refractivity contribution is -0.119. The van der Waals surface area contributed by atoms with Crippen molar-refractivity contribution in [1.29, 1.82) is 0 Å². The van der Waals surface area contributed by atoms with Gasteiger partial charge in [0.05, 0.1) is 6.54 Å². The molecule has 21 heavy (non-hydrogen) atoms. The maximum absolute atomic E-state index is 11.7. The van der Waals surface area contributed by atoms with Crippen molar-refractivity contribution in [2.45, 2.75) is 25.7 Å². The first-order chi connectivity index (χ1) is 10.2. The van der Waals surface area contributed by atoms with E-state index in [4.69, 9.17) is 11.6 Å². The van der Waals surface area contributed by atoms with Gasteiger partial charge in [0.15, 0.2) is 0 Å². The van der Waals surface area contributed by atoms with Gasteiger partial charge in [-0.05, 0) is 37.3 Å². The summed E-state index contributed by atoms with van der Waals surface area (Å²) in [6.45, 7) is 3.58. The summed E-state index contributed by atoms with van der Waals surface area (Å²) >= 11 is 6.05. The number of nitrogens with zero attached hydrogens (tertiary/aromatic N) is 5. The first-order valence-corrected chi connectivity index (χ1v) is 7.78. The Hall–Kier alpha value is -1.63. The minimum absolute atomic E-state index is 0.0106. The zero-order valence-corrected chi connectivity index (χ0v) is 12.6. The molecule has 3 heterocycles. The number of halogens is 1. The third-order valence-corrected chi connectivity index (χ3v) is 3.94. The van der Waals surface area contributed by atoms with E-state index in [9.17, 15) is 4.79 Å². The molecule has 1 N–H and O–H groups in total. The molecular weight excluding hydrogens is 292 g/mol. The average Bonchev–Trinajstić information content (AvgIpc) is 2.72. The van der Waals surface area contributed by atoms with Crippen LogP contribution in [0.25, 0.3) is 0 Å². The van der Waals surface area contributed by atoms with E-state index in [0.29, 0.717) is 18.4 Å². The minimum Gasteiger partial charge on any atom is -0.354 e. The fraction of sp³-hybridized carbons (Fsp3) is 0.692. The van der Waals surface area contributed by atoms with Gasteiger partial charge >= 0.3 is 0 Å². The molecule has 8 heteroatoms. The second kappa shape index (κ2) is 6.43. The van der Waals surface area contributed by atoms with Crippen LogP contribution in [-0.2, 0) is 4.79 Å². The van der Waals surface area contributed by atoms with E-state index in [1.165, 1.54) is 6.42 Å². The number of carbonyl (C=O) groups is 1. The summed E-state index contributed by atoms with van der Waals surface area (Å²) in [5.74, 6) is 1.10. The predicted molar refractivity (Wildman–Crippen MR) is 80.7 cm³/mol. The maximum Gasteiger partial charge on any atom is 0.239 e. The van der Waals surface area contributed by atoms with Crippen molar-refractivity contribution in [2.75, 3.05) is 42.5 Å². The highest BCUT2D eigenvalue weighted by Crippen LogP contribution is 2.20. The first-order valence-electron chi connectivity index (χ1n) is 7.40. The van der Waals surface area contributed by atoms with E-state index in [1.807, 2.05) is 4.90 Å². The number of anilines is 2. The number of carbonyl (C=O) groups excluding carboxylic acids is 1. The lowest BCUT2D eigenvalue weighted by atomic mass is 10.1. The molecule has 2 aliphatic heterocycles. The SMILES string of the molecule is O=C1CN(c2nc(Cl)nc(N3CCCCC3)n2)CCCN1. The number of aromatic nitrogens is 3. The molecule has 0 radical (unpaired) electrons. The fourth-order valence-electron chi connectivity index (χ4n) is 2.68. The van der Waals surface area contributed by atoms with E-state index in [-0.39, 0.29) is 17.7 Å². The molecule has 0 spiro atoms. The molecule has 2 saturated heterocycles. The van der Waals surface area contributed by atoms with Crippen LogP contribution in [0.2, 0.25) is 5.28 Å². The lowest BCUT2D eigenvalue weighted by Crippen LogP contribution is -2.35. The van der Waals surface area contributed by atoms with Gasteiger partial charge in [-0.25, -0.2) is 0 Å². The van der Waals surface area contributed by atoms with Crippen LogP contribution in [0.5, 0.6) is 0 Å². The first kappa shape index (κ1) is 14.3. The Balaban J connectivity index is 1.84. The number of piperidine rings is 1. The van der Waals surface area contributed by atoms with Crippen molar-refractivity contribution in [3.8, 4) is 0 Å². The Morgan fingerprint density at radius 3 is 2.33 bits per heavy atom. The molecule has 3 rings (SSSR count). The van der Waals surface area contributed by atoms with Crippen molar-refractivity contribution >= 4 is 29.4 Å². The number of amides is 1. The highest BCUT2D eigenvalue weighted by Gasteiger charge is 2.21. The largest absolute Gasteiger partial charge is 0.354 e. The van der Waals surface area contributed by atoms with Gasteiger partial charge in [-0.3, -0.25) is 4.79 Å². The van der Waals surface area contributed by atoms with Crippen LogP contribution < -0.4 is 15.1 Å². The van der Waals surface area contributed by atoms with Crippen molar-refractivity contribution in [1.82, 2.24) is 20.3 Å². The highest BCUT2D eigenvalue weighted by molar-refractivity contribution is 6.28. The molecule has 2 fully saturated rings. The molecule has 0 atom stereocenters. The van der Waals surface area contributed by atoms with Gasteiger partial charge in [-0.1, -0.05) is 0 Å². The zero-order chi connectivity index (χ0) is 14.7.